The van der Waals surface area contributed by atoms with Gasteiger partial charge in [-0.15, -0.1) is 0 Å². The molecule has 10 heteroatoms. The van der Waals surface area contributed by atoms with E-state index in [0.717, 1.165) is 0 Å². The summed E-state index contributed by atoms with van der Waals surface area (Å²) in [6.07, 6.45) is 0.574. The summed E-state index contributed by atoms with van der Waals surface area (Å²) in [7, 11) is 0. The van der Waals surface area contributed by atoms with Gasteiger partial charge in [0.05, 0.1) is 6.04 Å². The maximum atomic E-state index is 12.5. The van der Waals surface area contributed by atoms with E-state index >= 15 is 0 Å². The van der Waals surface area contributed by atoms with Gasteiger partial charge >= 0.3 is 5.97 Å². The molecule has 0 aliphatic rings. The third kappa shape index (κ3) is 8.17. The van der Waals surface area contributed by atoms with Crippen molar-refractivity contribution in [2.45, 2.75) is 65.2 Å². The molecular formula is C17H32N4O5S. The van der Waals surface area contributed by atoms with Crippen LogP contribution in [0, 0.1) is 11.8 Å². The Balaban J connectivity index is 5.06. The number of carbonyl (C=O) groups is 4. The van der Waals surface area contributed by atoms with E-state index in [9.17, 15) is 24.3 Å². The van der Waals surface area contributed by atoms with Crippen LogP contribution >= 0.6 is 12.6 Å². The van der Waals surface area contributed by atoms with E-state index in [4.69, 9.17) is 5.73 Å². The van der Waals surface area contributed by atoms with Gasteiger partial charge in [-0.05, 0) is 18.8 Å². The minimum atomic E-state index is -1.13. The predicted molar refractivity (Wildman–Crippen MR) is 105 cm³/mol. The minimum absolute atomic E-state index is 0.128. The average Bonchev–Trinajstić information content (AvgIpc) is 2.61. The molecule has 0 aliphatic heterocycles. The molecule has 5 unspecified atom stereocenters. The first kappa shape index (κ1) is 25.2. The molecule has 0 aromatic rings. The van der Waals surface area contributed by atoms with Gasteiger partial charge in [-0.3, -0.25) is 14.4 Å². The van der Waals surface area contributed by atoms with Crippen molar-refractivity contribution in [1.82, 2.24) is 16.0 Å². The summed E-state index contributed by atoms with van der Waals surface area (Å²) in [6, 6.07) is -3.76. The number of carbonyl (C=O) groups excluding carboxylic acids is 3. The molecular weight excluding hydrogens is 372 g/mol. The first-order valence-corrected chi connectivity index (χ1v) is 9.59. The lowest BCUT2D eigenvalue weighted by Gasteiger charge is -2.27. The van der Waals surface area contributed by atoms with E-state index in [1.54, 1.807) is 20.8 Å². The van der Waals surface area contributed by atoms with Crippen molar-refractivity contribution in [3.63, 3.8) is 0 Å². The van der Waals surface area contributed by atoms with Gasteiger partial charge in [0.1, 0.15) is 18.1 Å². The quantitative estimate of drug-likeness (QED) is 0.256. The van der Waals surface area contributed by atoms with Crippen molar-refractivity contribution < 1.29 is 24.3 Å². The van der Waals surface area contributed by atoms with E-state index in [1.165, 1.54) is 6.92 Å². The van der Waals surface area contributed by atoms with Crippen molar-refractivity contribution in [3.8, 4) is 0 Å². The van der Waals surface area contributed by atoms with Crippen LogP contribution in [0.5, 0.6) is 0 Å². The van der Waals surface area contributed by atoms with Crippen LogP contribution in [0.15, 0.2) is 0 Å². The Hall–Kier alpha value is -1.81. The second-order valence-corrected chi connectivity index (χ2v) is 7.32. The number of hydrogen-bond donors (Lipinski definition) is 6. The standard InChI is InChI=1S/C17H32N4O5S/c1-6-9(4)13(17(25)26)21-16(24)12(8(2)3)20-14(22)10(5)19-15(23)11(18)7-27/h8-13,27H,6-7,18H2,1-5H3,(H,19,23)(H,20,22)(H,21,24)(H,25,26). The normalized spacial score (nSPS) is 16.6. The highest BCUT2D eigenvalue weighted by Gasteiger charge is 2.32. The van der Waals surface area contributed by atoms with E-state index in [0.29, 0.717) is 6.42 Å². The Labute approximate surface area is 165 Å². The fourth-order valence-electron chi connectivity index (χ4n) is 2.21. The van der Waals surface area contributed by atoms with Crippen molar-refractivity contribution in [2.75, 3.05) is 5.75 Å². The molecule has 9 nitrogen and oxygen atoms in total. The second kappa shape index (κ2) is 11.8. The average molecular weight is 405 g/mol. The summed E-state index contributed by atoms with van der Waals surface area (Å²) in [5, 5.41) is 16.8. The lowest BCUT2D eigenvalue weighted by molar-refractivity contribution is -0.144. The molecule has 0 aromatic heterocycles. The summed E-state index contributed by atoms with van der Waals surface area (Å²) < 4.78 is 0. The zero-order valence-corrected chi connectivity index (χ0v) is 17.4. The van der Waals surface area contributed by atoms with Crippen LogP contribution in [0.3, 0.4) is 0 Å². The highest BCUT2D eigenvalue weighted by molar-refractivity contribution is 7.80. The van der Waals surface area contributed by atoms with E-state index in [-0.39, 0.29) is 17.6 Å². The number of hydrogen-bond acceptors (Lipinski definition) is 6. The molecule has 0 heterocycles. The third-order valence-corrected chi connectivity index (χ3v) is 4.70. The largest absolute Gasteiger partial charge is 0.480 e. The SMILES string of the molecule is CCC(C)C(NC(=O)C(NC(=O)C(C)NC(=O)C(N)CS)C(C)C)C(=O)O. The zero-order chi connectivity index (χ0) is 21.3. The zero-order valence-electron chi connectivity index (χ0n) is 16.5. The molecule has 156 valence electrons. The molecule has 0 rings (SSSR count). The van der Waals surface area contributed by atoms with Gasteiger partial charge in [0.25, 0.3) is 0 Å². The fourth-order valence-corrected chi connectivity index (χ4v) is 2.37. The first-order chi connectivity index (χ1) is 12.5. The molecule has 0 spiro atoms. The Morgan fingerprint density at radius 2 is 1.44 bits per heavy atom. The summed E-state index contributed by atoms with van der Waals surface area (Å²) >= 11 is 3.92. The highest BCUT2D eigenvalue weighted by Crippen LogP contribution is 2.10. The Kier molecular flexibility index (Phi) is 11.0. The molecule has 6 N–H and O–H groups in total. The predicted octanol–water partition coefficient (Wildman–Crippen LogP) is -0.495. The van der Waals surface area contributed by atoms with Crippen LogP contribution < -0.4 is 21.7 Å². The van der Waals surface area contributed by atoms with Crippen LogP contribution in [0.25, 0.3) is 0 Å². The third-order valence-electron chi connectivity index (χ3n) is 4.31. The molecule has 5 atom stereocenters. The van der Waals surface area contributed by atoms with Crippen LogP contribution in [0.1, 0.15) is 41.0 Å². The van der Waals surface area contributed by atoms with Gasteiger partial charge in [-0.25, -0.2) is 4.79 Å². The molecule has 3 amide bonds. The van der Waals surface area contributed by atoms with Crippen LogP contribution in [-0.4, -0.2) is 58.7 Å². The first-order valence-electron chi connectivity index (χ1n) is 8.96. The lowest BCUT2D eigenvalue weighted by atomic mass is 9.97. The number of rotatable bonds is 11. The van der Waals surface area contributed by atoms with Crippen molar-refractivity contribution in [2.24, 2.45) is 17.6 Å². The maximum Gasteiger partial charge on any atom is 0.326 e. The lowest BCUT2D eigenvalue weighted by Crippen LogP contribution is -2.58. The van der Waals surface area contributed by atoms with Gasteiger partial charge in [0.15, 0.2) is 0 Å². The fraction of sp³-hybridized carbons (Fsp3) is 0.765. The second-order valence-electron chi connectivity index (χ2n) is 6.96. The molecule has 0 fully saturated rings. The van der Waals surface area contributed by atoms with Gasteiger partial charge < -0.3 is 26.8 Å². The van der Waals surface area contributed by atoms with Gasteiger partial charge in [-0.2, -0.15) is 12.6 Å². The topological polar surface area (TPSA) is 151 Å². The van der Waals surface area contributed by atoms with Gasteiger partial charge in [0.2, 0.25) is 17.7 Å². The van der Waals surface area contributed by atoms with Gasteiger partial charge in [-0.1, -0.05) is 34.1 Å². The molecule has 27 heavy (non-hydrogen) atoms. The van der Waals surface area contributed by atoms with E-state index in [2.05, 4.69) is 28.6 Å². The highest BCUT2D eigenvalue weighted by atomic mass is 32.1. The smallest absolute Gasteiger partial charge is 0.326 e. The number of nitrogens with one attached hydrogen (secondary N) is 3. The molecule has 0 saturated heterocycles. The molecule has 0 saturated carbocycles. The van der Waals surface area contributed by atoms with Crippen LogP contribution in [0.2, 0.25) is 0 Å². The number of thiol groups is 1. The van der Waals surface area contributed by atoms with E-state index in [1.807, 2.05) is 6.92 Å². The minimum Gasteiger partial charge on any atom is -0.480 e. The monoisotopic (exact) mass is 404 g/mol. The van der Waals surface area contributed by atoms with Crippen LogP contribution in [0.4, 0.5) is 0 Å². The molecule has 0 bridgehead atoms. The molecule has 0 radical (unpaired) electrons. The van der Waals surface area contributed by atoms with Crippen molar-refractivity contribution >= 4 is 36.3 Å². The number of aliphatic carboxylic acids is 1. The summed E-state index contributed by atoms with van der Waals surface area (Å²) in [5.41, 5.74) is 5.55. The number of carboxylic acid groups (broad SMARTS) is 1. The number of nitrogens with two attached hydrogens (primary N) is 1. The summed E-state index contributed by atoms with van der Waals surface area (Å²) in [6.45, 7) is 8.47. The Morgan fingerprint density at radius 1 is 0.926 bits per heavy atom. The van der Waals surface area contributed by atoms with Crippen molar-refractivity contribution in [1.29, 1.82) is 0 Å². The number of carboxylic acids is 1. The van der Waals surface area contributed by atoms with Crippen molar-refractivity contribution in [3.05, 3.63) is 0 Å². The summed E-state index contributed by atoms with van der Waals surface area (Å²) in [4.78, 5) is 48.1. The molecule has 0 aromatic carbocycles. The van der Waals surface area contributed by atoms with Crippen LogP contribution in [-0.2, 0) is 19.2 Å². The maximum absolute atomic E-state index is 12.5. The number of amides is 3. The molecule has 0 aliphatic carbocycles. The van der Waals surface area contributed by atoms with Gasteiger partial charge in [0, 0.05) is 5.75 Å². The Morgan fingerprint density at radius 3 is 1.85 bits per heavy atom. The van der Waals surface area contributed by atoms with E-state index < -0.39 is 47.9 Å². The summed E-state index contributed by atoms with van der Waals surface area (Å²) in [5.74, 6) is -3.24. The Bertz CT molecular complexity index is 543.